The first-order valence-electron chi connectivity index (χ1n) is 10.4. The van der Waals surface area contributed by atoms with Crippen LogP contribution >= 0.6 is 8.58 Å². The summed E-state index contributed by atoms with van der Waals surface area (Å²) in [7, 11) is 2.81. The van der Waals surface area contributed by atoms with Crippen molar-refractivity contribution in [1.29, 1.82) is 0 Å². The van der Waals surface area contributed by atoms with E-state index in [-0.39, 0.29) is 51.3 Å². The van der Waals surface area contributed by atoms with Crippen LogP contribution in [0.2, 0.25) is 0 Å². The number of benzene rings is 2. The third kappa shape index (κ3) is 7.62. The van der Waals surface area contributed by atoms with E-state index in [0.29, 0.717) is 39.6 Å². The molecule has 0 radical (unpaired) electrons. The second-order valence-electron chi connectivity index (χ2n) is 7.79. The number of carbonyl (C=O) groups is 1. The fraction of sp³-hybridized carbons (Fsp3) is 0.458. The third-order valence-electron chi connectivity index (χ3n) is 4.03. The van der Waals surface area contributed by atoms with Gasteiger partial charge in [-0.25, -0.2) is 0 Å². The Bertz CT molecular complexity index is 845. The Morgan fingerprint density at radius 3 is 1.56 bits per heavy atom. The SMILES string of the molecule is COc1cccc(OC)c1C(=O)Pc1c(OC(C)C)cc(OC(C)C)cc1OC(C)C.[Li+]. The standard InChI is InChI=1S/C24H33O6P.Li/c1-14(2)28-17-12-20(29-15(3)4)23(21(13-17)30-16(5)6)31-24(25)22-18(26-7)10-9-11-19(22)27-8;/h9-16,31H,1-8H3;/q;+1. The summed E-state index contributed by atoms with van der Waals surface area (Å²) in [5, 5.41) is 0.691. The van der Waals surface area contributed by atoms with Crippen molar-refractivity contribution in [3.05, 3.63) is 35.9 Å². The van der Waals surface area contributed by atoms with Gasteiger partial charge in [-0.3, -0.25) is 4.79 Å². The van der Waals surface area contributed by atoms with Crippen molar-refractivity contribution in [3.63, 3.8) is 0 Å². The summed E-state index contributed by atoms with van der Waals surface area (Å²) in [6, 6.07) is 8.93. The van der Waals surface area contributed by atoms with E-state index in [1.54, 1.807) is 18.2 Å². The van der Waals surface area contributed by atoms with Gasteiger partial charge in [0, 0.05) is 12.1 Å². The van der Waals surface area contributed by atoms with Crippen LogP contribution in [-0.2, 0) is 0 Å². The van der Waals surface area contributed by atoms with Gasteiger partial charge in [0.15, 0.2) is 5.52 Å². The molecule has 1 unspecified atom stereocenters. The molecule has 170 valence electrons. The van der Waals surface area contributed by atoms with Crippen LogP contribution in [0, 0.1) is 0 Å². The Labute approximate surface area is 205 Å². The van der Waals surface area contributed by atoms with Crippen LogP contribution in [0.25, 0.3) is 0 Å². The summed E-state index contributed by atoms with van der Waals surface area (Å²) in [5.74, 6) is 2.72. The van der Waals surface area contributed by atoms with E-state index in [1.165, 1.54) is 14.2 Å². The Kier molecular flexibility index (Phi) is 11.4. The van der Waals surface area contributed by atoms with Gasteiger partial charge in [-0.15, -0.1) is 0 Å². The molecule has 0 N–H and O–H groups in total. The molecule has 32 heavy (non-hydrogen) atoms. The van der Waals surface area contributed by atoms with Crippen LogP contribution in [0.5, 0.6) is 28.7 Å². The van der Waals surface area contributed by atoms with Gasteiger partial charge in [0.05, 0.1) is 37.8 Å². The maximum absolute atomic E-state index is 13.4. The largest absolute Gasteiger partial charge is 1.00 e. The van der Waals surface area contributed by atoms with E-state index in [9.17, 15) is 4.79 Å². The van der Waals surface area contributed by atoms with E-state index in [1.807, 2.05) is 53.7 Å². The molecule has 2 aromatic rings. The Balaban J connectivity index is 0.00000512. The number of methoxy groups -OCH3 is 2. The van der Waals surface area contributed by atoms with Crippen molar-refractivity contribution in [2.45, 2.75) is 59.9 Å². The van der Waals surface area contributed by atoms with E-state index < -0.39 is 0 Å². The molecule has 0 spiro atoms. The van der Waals surface area contributed by atoms with Gasteiger partial charge in [0.2, 0.25) is 0 Å². The Hall–Kier alpha value is -1.86. The minimum absolute atomic E-state index is 0. The van der Waals surface area contributed by atoms with Crippen LogP contribution in [0.1, 0.15) is 51.9 Å². The molecule has 0 aliphatic carbocycles. The van der Waals surface area contributed by atoms with Crippen LogP contribution in [0.4, 0.5) is 0 Å². The third-order valence-corrected chi connectivity index (χ3v) is 5.25. The molecule has 0 aliphatic rings. The molecule has 2 rings (SSSR count). The number of hydrogen-bond donors (Lipinski definition) is 0. The Morgan fingerprint density at radius 1 is 0.750 bits per heavy atom. The maximum Gasteiger partial charge on any atom is 1.00 e. The molecule has 0 heterocycles. The molecular formula is C24H33LiO6P+. The Morgan fingerprint density at radius 2 is 1.19 bits per heavy atom. The first-order chi connectivity index (χ1) is 14.7. The maximum atomic E-state index is 13.4. The average Bonchev–Trinajstić information content (AvgIpc) is 2.68. The van der Waals surface area contributed by atoms with Gasteiger partial charge in [-0.05, 0) is 62.3 Å². The van der Waals surface area contributed by atoms with Gasteiger partial charge < -0.3 is 23.7 Å². The molecular weight excluding hydrogens is 422 g/mol. The van der Waals surface area contributed by atoms with Gasteiger partial charge in [-0.1, -0.05) is 6.07 Å². The first kappa shape index (κ1) is 28.2. The monoisotopic (exact) mass is 455 g/mol. The molecule has 0 aromatic heterocycles. The van der Waals surface area contributed by atoms with Crippen LogP contribution in [0.3, 0.4) is 0 Å². The fourth-order valence-corrected chi connectivity index (χ4v) is 4.08. The van der Waals surface area contributed by atoms with Gasteiger partial charge in [-0.2, -0.15) is 0 Å². The number of carbonyl (C=O) groups excluding carboxylic acids is 1. The van der Waals surface area contributed by atoms with E-state index in [2.05, 4.69) is 0 Å². The summed E-state index contributed by atoms with van der Waals surface area (Å²) >= 11 is 0. The molecule has 0 aliphatic heterocycles. The average molecular weight is 455 g/mol. The van der Waals surface area contributed by atoms with Crippen LogP contribution in [0.15, 0.2) is 30.3 Å². The molecule has 0 saturated heterocycles. The summed E-state index contributed by atoms with van der Waals surface area (Å²) in [4.78, 5) is 13.4. The number of rotatable bonds is 11. The molecule has 6 nitrogen and oxygen atoms in total. The summed E-state index contributed by atoms with van der Waals surface area (Å²) in [5.41, 5.74) is 0.272. The van der Waals surface area contributed by atoms with Crippen LogP contribution < -0.4 is 47.8 Å². The second-order valence-corrected chi connectivity index (χ2v) is 8.99. The normalized spacial score (nSPS) is 11.1. The number of ether oxygens (including phenoxy) is 5. The van der Waals surface area contributed by atoms with Crippen molar-refractivity contribution >= 4 is 19.4 Å². The first-order valence-corrected chi connectivity index (χ1v) is 11.4. The molecule has 0 amide bonds. The molecule has 2 aromatic carbocycles. The molecule has 0 fully saturated rings. The van der Waals surface area contributed by atoms with Gasteiger partial charge in [0.1, 0.15) is 34.3 Å². The van der Waals surface area contributed by atoms with Crippen molar-refractivity contribution in [1.82, 2.24) is 0 Å². The fourth-order valence-electron chi connectivity index (χ4n) is 2.97. The number of hydrogen-bond acceptors (Lipinski definition) is 6. The van der Waals surface area contributed by atoms with E-state index in [4.69, 9.17) is 23.7 Å². The smallest absolute Gasteiger partial charge is 0.496 e. The zero-order chi connectivity index (χ0) is 23.1. The second kappa shape index (κ2) is 13.0. The quantitative estimate of drug-likeness (QED) is 0.383. The molecule has 0 bridgehead atoms. The predicted molar refractivity (Wildman–Crippen MR) is 126 cm³/mol. The van der Waals surface area contributed by atoms with Crippen molar-refractivity contribution in [3.8, 4) is 28.7 Å². The zero-order valence-corrected chi connectivity index (χ0v) is 21.6. The minimum Gasteiger partial charge on any atom is -0.496 e. The van der Waals surface area contributed by atoms with Crippen LogP contribution in [-0.4, -0.2) is 38.1 Å². The minimum atomic E-state index is -0.261. The zero-order valence-electron chi connectivity index (χ0n) is 20.6. The molecule has 0 saturated carbocycles. The van der Waals surface area contributed by atoms with Crippen molar-refractivity contribution in [2.75, 3.05) is 14.2 Å². The predicted octanol–water partition coefficient (Wildman–Crippen LogP) is 2.21. The van der Waals surface area contributed by atoms with Gasteiger partial charge in [0.25, 0.3) is 0 Å². The van der Waals surface area contributed by atoms with Crippen molar-refractivity contribution < 1.29 is 47.3 Å². The van der Waals surface area contributed by atoms with Gasteiger partial charge >= 0.3 is 18.9 Å². The summed E-state index contributed by atoms with van der Waals surface area (Å²) in [6.07, 6.45) is -0.173. The summed E-state index contributed by atoms with van der Waals surface area (Å²) in [6.45, 7) is 11.7. The van der Waals surface area contributed by atoms with E-state index in [0.717, 1.165) is 0 Å². The van der Waals surface area contributed by atoms with E-state index >= 15 is 0 Å². The summed E-state index contributed by atoms with van der Waals surface area (Å²) < 4.78 is 28.9. The molecule has 1 atom stereocenters. The topological polar surface area (TPSA) is 63.2 Å². The van der Waals surface area contributed by atoms with Crippen molar-refractivity contribution in [2.24, 2.45) is 0 Å². The molecule has 8 heteroatoms.